The van der Waals surface area contributed by atoms with E-state index in [9.17, 15) is 19.2 Å². The second-order valence-electron chi connectivity index (χ2n) is 10.2. The Bertz CT molecular complexity index is 1680. The zero-order valence-corrected chi connectivity index (χ0v) is 22.6. The molecule has 2 N–H and O–H groups in total. The zero-order chi connectivity index (χ0) is 27.9. The number of thiazole rings is 1. The predicted octanol–water partition coefficient (Wildman–Crippen LogP) is 4.53. The van der Waals surface area contributed by atoms with Crippen LogP contribution in [0, 0.1) is 6.92 Å². The smallest absolute Gasteiger partial charge is 0.274 e. The minimum atomic E-state index is -0.636. The van der Waals surface area contributed by atoms with Crippen molar-refractivity contribution in [1.82, 2.24) is 9.88 Å². The molecule has 6 rings (SSSR count). The molecule has 1 spiro atoms. The van der Waals surface area contributed by atoms with Gasteiger partial charge in [0.2, 0.25) is 11.8 Å². The van der Waals surface area contributed by atoms with Gasteiger partial charge in [-0.3, -0.25) is 19.2 Å². The van der Waals surface area contributed by atoms with Gasteiger partial charge in [0, 0.05) is 28.9 Å². The van der Waals surface area contributed by atoms with E-state index in [0.717, 1.165) is 33.7 Å². The van der Waals surface area contributed by atoms with Crippen LogP contribution in [0.5, 0.6) is 0 Å². The van der Waals surface area contributed by atoms with Gasteiger partial charge in [-0.25, -0.2) is 4.98 Å². The Morgan fingerprint density at radius 1 is 1.07 bits per heavy atom. The lowest BCUT2D eigenvalue weighted by Gasteiger charge is -2.22. The SMILES string of the molecule is Cc1nc(C(=O)N(CC(=O)Nc2ccc3c(c2)CC2(C3)C(=O)Nc3ccccc32)Cc2ccccc2C=O)cs1. The van der Waals surface area contributed by atoms with Crippen LogP contribution >= 0.6 is 11.3 Å². The molecule has 200 valence electrons. The molecule has 4 aromatic rings. The number of carbonyl (C=O) groups excluding carboxylic acids is 4. The van der Waals surface area contributed by atoms with Crippen molar-refractivity contribution in [2.75, 3.05) is 17.2 Å². The summed E-state index contributed by atoms with van der Waals surface area (Å²) in [6.45, 7) is 1.67. The van der Waals surface area contributed by atoms with Crippen molar-refractivity contribution in [3.8, 4) is 0 Å². The summed E-state index contributed by atoms with van der Waals surface area (Å²) in [5.74, 6) is -0.764. The third-order valence-corrected chi connectivity index (χ3v) is 8.38. The molecule has 1 atom stereocenters. The predicted molar refractivity (Wildman–Crippen MR) is 153 cm³/mol. The van der Waals surface area contributed by atoms with Gasteiger partial charge < -0.3 is 15.5 Å². The van der Waals surface area contributed by atoms with Crippen molar-refractivity contribution in [3.05, 3.63) is 111 Å². The van der Waals surface area contributed by atoms with Crippen LogP contribution in [-0.4, -0.2) is 40.4 Å². The van der Waals surface area contributed by atoms with Crippen LogP contribution < -0.4 is 10.6 Å². The number of fused-ring (bicyclic) bond motifs is 3. The Labute approximate surface area is 235 Å². The first-order valence-electron chi connectivity index (χ1n) is 12.9. The molecule has 0 saturated heterocycles. The number of carbonyl (C=O) groups is 4. The maximum atomic E-state index is 13.3. The summed E-state index contributed by atoms with van der Waals surface area (Å²) < 4.78 is 0. The van der Waals surface area contributed by atoms with E-state index in [2.05, 4.69) is 15.6 Å². The van der Waals surface area contributed by atoms with Crippen molar-refractivity contribution in [3.63, 3.8) is 0 Å². The molecule has 1 aliphatic heterocycles. The van der Waals surface area contributed by atoms with E-state index < -0.39 is 5.41 Å². The van der Waals surface area contributed by atoms with Crippen LogP contribution in [0.3, 0.4) is 0 Å². The normalized spacial score (nSPS) is 16.8. The van der Waals surface area contributed by atoms with E-state index in [1.54, 1.807) is 29.6 Å². The Morgan fingerprint density at radius 3 is 2.65 bits per heavy atom. The molecule has 1 aliphatic carbocycles. The molecule has 2 aliphatic rings. The highest BCUT2D eigenvalue weighted by molar-refractivity contribution is 7.09. The average Bonchev–Trinajstić information content (AvgIpc) is 3.63. The lowest BCUT2D eigenvalue weighted by Crippen LogP contribution is -2.38. The van der Waals surface area contributed by atoms with Crippen LogP contribution in [0.15, 0.2) is 72.1 Å². The number of hydrogen-bond acceptors (Lipinski definition) is 6. The standard InChI is InChI=1S/C31H26N4O4S/c1-19-32-27(18-40-19)29(38)35(15-21-6-2-3-7-22(21)17-36)16-28(37)33-24-11-10-20-13-31(14-23(20)12-24)25-8-4-5-9-26(25)34-30(31)39/h2-12,17-18H,13-16H2,1H3,(H,33,37)(H,34,39). The maximum absolute atomic E-state index is 13.3. The number of benzene rings is 3. The molecule has 0 bridgehead atoms. The molecular formula is C31H26N4O4S. The fourth-order valence-corrected chi connectivity index (χ4v) is 6.26. The van der Waals surface area contributed by atoms with Crippen LogP contribution in [0.4, 0.5) is 11.4 Å². The van der Waals surface area contributed by atoms with E-state index in [-0.39, 0.29) is 36.5 Å². The van der Waals surface area contributed by atoms with E-state index in [1.807, 2.05) is 49.4 Å². The van der Waals surface area contributed by atoms with Gasteiger partial charge in [-0.15, -0.1) is 11.3 Å². The van der Waals surface area contributed by atoms with Crippen molar-refractivity contribution >= 4 is 46.7 Å². The molecule has 1 unspecified atom stereocenters. The maximum Gasteiger partial charge on any atom is 0.274 e. The van der Waals surface area contributed by atoms with Crippen LogP contribution in [0.1, 0.15) is 48.1 Å². The number of aromatic nitrogens is 1. The van der Waals surface area contributed by atoms with Crippen LogP contribution in [0.25, 0.3) is 0 Å². The largest absolute Gasteiger partial charge is 0.325 e. The highest BCUT2D eigenvalue weighted by atomic mass is 32.1. The third-order valence-electron chi connectivity index (χ3n) is 7.60. The van der Waals surface area contributed by atoms with E-state index in [0.29, 0.717) is 29.7 Å². The Hall–Kier alpha value is -4.63. The summed E-state index contributed by atoms with van der Waals surface area (Å²) >= 11 is 1.36. The molecule has 0 saturated carbocycles. The molecular weight excluding hydrogens is 524 g/mol. The molecule has 9 heteroatoms. The quantitative estimate of drug-likeness (QED) is 0.329. The number of nitrogens with zero attached hydrogens (tertiary/aromatic N) is 2. The molecule has 0 radical (unpaired) electrons. The van der Waals surface area contributed by atoms with Crippen molar-refractivity contribution in [2.45, 2.75) is 31.7 Å². The monoisotopic (exact) mass is 550 g/mol. The Balaban J connectivity index is 1.21. The fraction of sp³-hybridized carbons (Fsp3) is 0.194. The number of para-hydroxylation sites is 1. The summed E-state index contributed by atoms with van der Waals surface area (Å²) in [4.78, 5) is 56.9. The molecule has 3 aromatic carbocycles. The molecule has 0 fully saturated rings. The molecule has 8 nitrogen and oxygen atoms in total. The average molecular weight is 551 g/mol. The Morgan fingerprint density at radius 2 is 1.85 bits per heavy atom. The van der Waals surface area contributed by atoms with Gasteiger partial charge in [0.05, 0.1) is 10.4 Å². The first-order chi connectivity index (χ1) is 19.4. The highest BCUT2D eigenvalue weighted by Gasteiger charge is 2.50. The number of rotatable bonds is 7. The summed E-state index contributed by atoms with van der Waals surface area (Å²) in [6.07, 6.45) is 1.89. The van der Waals surface area contributed by atoms with Gasteiger partial charge in [0.25, 0.3) is 5.91 Å². The number of anilines is 2. The first-order valence-corrected chi connectivity index (χ1v) is 13.8. The lowest BCUT2D eigenvalue weighted by atomic mass is 9.79. The zero-order valence-electron chi connectivity index (χ0n) is 21.8. The number of aldehydes is 1. The van der Waals surface area contributed by atoms with E-state index in [4.69, 9.17) is 0 Å². The number of amides is 3. The van der Waals surface area contributed by atoms with Crippen LogP contribution in [-0.2, 0) is 34.4 Å². The minimum absolute atomic E-state index is 0.00229. The van der Waals surface area contributed by atoms with Gasteiger partial charge in [-0.05, 0) is 60.2 Å². The second-order valence-corrected chi connectivity index (χ2v) is 11.3. The van der Waals surface area contributed by atoms with Crippen molar-refractivity contribution in [1.29, 1.82) is 0 Å². The van der Waals surface area contributed by atoms with Crippen LogP contribution in [0.2, 0.25) is 0 Å². The van der Waals surface area contributed by atoms with Gasteiger partial charge in [-0.2, -0.15) is 0 Å². The topological polar surface area (TPSA) is 108 Å². The molecule has 1 aromatic heterocycles. The van der Waals surface area contributed by atoms with Gasteiger partial charge in [0.15, 0.2) is 0 Å². The summed E-state index contributed by atoms with van der Waals surface area (Å²) in [5.41, 5.74) is 5.26. The fourth-order valence-electron chi connectivity index (χ4n) is 5.67. The number of aryl methyl sites for hydroxylation is 1. The van der Waals surface area contributed by atoms with Gasteiger partial charge in [0.1, 0.15) is 18.5 Å². The second kappa shape index (κ2) is 10.2. The number of nitrogens with one attached hydrogen (secondary N) is 2. The lowest BCUT2D eigenvalue weighted by molar-refractivity contribution is -0.120. The van der Waals surface area contributed by atoms with Gasteiger partial charge in [-0.1, -0.05) is 48.5 Å². The highest BCUT2D eigenvalue weighted by Crippen LogP contribution is 2.47. The molecule has 40 heavy (non-hydrogen) atoms. The minimum Gasteiger partial charge on any atom is -0.325 e. The van der Waals surface area contributed by atoms with E-state index in [1.165, 1.54) is 16.2 Å². The third kappa shape index (κ3) is 4.58. The number of hydrogen-bond donors (Lipinski definition) is 2. The summed E-state index contributed by atoms with van der Waals surface area (Å²) in [7, 11) is 0. The van der Waals surface area contributed by atoms with E-state index >= 15 is 0 Å². The Kier molecular flexibility index (Phi) is 6.51. The van der Waals surface area contributed by atoms with Crippen molar-refractivity contribution < 1.29 is 19.2 Å². The summed E-state index contributed by atoms with van der Waals surface area (Å²) in [6, 6.07) is 20.5. The summed E-state index contributed by atoms with van der Waals surface area (Å²) in [5, 5.41) is 8.35. The molecule has 3 amide bonds. The first kappa shape index (κ1) is 25.6. The van der Waals surface area contributed by atoms with Crippen molar-refractivity contribution in [2.24, 2.45) is 0 Å². The van der Waals surface area contributed by atoms with Gasteiger partial charge >= 0.3 is 0 Å². The molecule has 2 heterocycles.